The van der Waals surface area contributed by atoms with Crippen molar-refractivity contribution >= 4 is 29.1 Å². The standard InChI is InChI=1S/C45H48FN5O5/c1-28-3-2-4-31(21-28)37-27-56-41-23-34(52)9-10-35(41)43(37)30-5-7-33(8-6-30)49-15-13-29(14-16-49)25-48-17-19-50(20-18-48)40-22-32-26-51(45(55)36(32)24-38(40)46)39-11-12-42(53)47-44(39)54/h2-10,21-24,29,37,39,43,52H,11-20,25-27H2,1H3,(H,47,53,54). The molecular weight excluding hydrogens is 710 g/mol. The molecule has 0 spiro atoms. The molecule has 4 aromatic rings. The Balaban J connectivity index is 0.794. The Kier molecular flexibility index (Phi) is 9.65. The Morgan fingerprint density at radius 3 is 2.38 bits per heavy atom. The highest BCUT2D eigenvalue weighted by atomic mass is 19.1. The number of carbonyl (C=O) groups excluding carboxylic acids is 3. The number of ether oxygens (including phenoxy) is 1. The first-order valence-corrected chi connectivity index (χ1v) is 20.0. The molecule has 3 atom stereocenters. The lowest BCUT2D eigenvalue weighted by atomic mass is 9.75. The monoisotopic (exact) mass is 757 g/mol. The summed E-state index contributed by atoms with van der Waals surface area (Å²) >= 11 is 0. The number of carbonyl (C=O) groups is 3. The maximum absolute atomic E-state index is 15.5. The first-order chi connectivity index (χ1) is 27.2. The minimum Gasteiger partial charge on any atom is -0.508 e. The summed E-state index contributed by atoms with van der Waals surface area (Å²) in [6.45, 7) is 9.05. The van der Waals surface area contributed by atoms with Gasteiger partial charge in [0.05, 0.1) is 12.3 Å². The zero-order valence-corrected chi connectivity index (χ0v) is 31.8. The third-order valence-corrected chi connectivity index (χ3v) is 12.7. The fourth-order valence-corrected chi connectivity index (χ4v) is 9.62. The number of nitrogens with one attached hydrogen (secondary N) is 1. The van der Waals surface area contributed by atoms with Gasteiger partial charge in [-0.15, -0.1) is 0 Å². The summed E-state index contributed by atoms with van der Waals surface area (Å²) in [6, 6.07) is 25.6. The van der Waals surface area contributed by atoms with Gasteiger partial charge in [-0.25, -0.2) is 4.39 Å². The summed E-state index contributed by atoms with van der Waals surface area (Å²) in [6.07, 6.45) is 2.70. The Bertz CT molecular complexity index is 2160. The normalized spacial score (nSPS) is 23.1. The molecule has 3 unspecified atom stereocenters. The van der Waals surface area contributed by atoms with Crippen LogP contribution in [0.15, 0.2) is 78.9 Å². The van der Waals surface area contributed by atoms with E-state index in [1.165, 1.54) is 33.3 Å². The van der Waals surface area contributed by atoms with Crippen molar-refractivity contribution in [3.63, 3.8) is 0 Å². The number of phenolic OH excluding ortho intramolecular Hbond substituents is 1. The van der Waals surface area contributed by atoms with E-state index in [9.17, 15) is 19.5 Å². The number of fused-ring (bicyclic) bond motifs is 2. The molecule has 0 bridgehead atoms. The number of rotatable bonds is 7. The average molecular weight is 758 g/mol. The van der Waals surface area contributed by atoms with Crippen LogP contribution in [0.4, 0.5) is 15.8 Å². The van der Waals surface area contributed by atoms with Gasteiger partial charge >= 0.3 is 0 Å². The molecule has 5 aliphatic rings. The summed E-state index contributed by atoms with van der Waals surface area (Å²) < 4.78 is 21.7. The third-order valence-electron chi connectivity index (χ3n) is 12.7. The van der Waals surface area contributed by atoms with Gasteiger partial charge in [0.1, 0.15) is 23.4 Å². The number of amides is 3. The average Bonchev–Trinajstić information content (AvgIpc) is 3.51. The van der Waals surface area contributed by atoms with Gasteiger partial charge in [-0.05, 0) is 79.1 Å². The molecule has 3 fully saturated rings. The molecule has 5 heterocycles. The van der Waals surface area contributed by atoms with Crippen LogP contribution in [-0.4, -0.2) is 91.1 Å². The van der Waals surface area contributed by atoms with E-state index in [2.05, 4.69) is 75.5 Å². The molecule has 4 aromatic carbocycles. The second-order valence-corrected chi connectivity index (χ2v) is 16.2. The molecule has 11 heteroatoms. The molecule has 0 aliphatic carbocycles. The van der Waals surface area contributed by atoms with Crippen molar-refractivity contribution in [2.24, 2.45) is 5.92 Å². The molecule has 3 saturated heterocycles. The van der Waals surface area contributed by atoms with E-state index < -0.39 is 17.8 Å². The molecule has 290 valence electrons. The molecule has 5 aliphatic heterocycles. The molecule has 10 nitrogen and oxygen atoms in total. The highest BCUT2D eigenvalue weighted by Crippen LogP contribution is 2.47. The van der Waals surface area contributed by atoms with Crippen molar-refractivity contribution in [2.75, 3.05) is 62.2 Å². The minimum atomic E-state index is -0.716. The van der Waals surface area contributed by atoms with Crippen LogP contribution in [0.3, 0.4) is 0 Å². The summed E-state index contributed by atoms with van der Waals surface area (Å²) in [5.41, 5.74) is 7.60. The lowest BCUT2D eigenvalue weighted by Crippen LogP contribution is -2.52. The number of piperidine rings is 2. The number of aromatic hydroxyl groups is 1. The molecule has 56 heavy (non-hydrogen) atoms. The van der Waals surface area contributed by atoms with Crippen molar-refractivity contribution in [3.8, 4) is 11.5 Å². The van der Waals surface area contributed by atoms with E-state index in [-0.39, 0.29) is 48.8 Å². The summed E-state index contributed by atoms with van der Waals surface area (Å²) in [7, 11) is 0. The number of anilines is 2. The summed E-state index contributed by atoms with van der Waals surface area (Å²) in [5, 5.41) is 12.5. The summed E-state index contributed by atoms with van der Waals surface area (Å²) in [4.78, 5) is 45.8. The van der Waals surface area contributed by atoms with Gasteiger partial charge in [-0.1, -0.05) is 48.0 Å². The molecule has 9 rings (SSSR count). The van der Waals surface area contributed by atoms with E-state index in [0.717, 1.165) is 62.4 Å². The topological polar surface area (TPSA) is 106 Å². The van der Waals surface area contributed by atoms with Gasteiger partial charge in [0.25, 0.3) is 5.91 Å². The molecule has 0 aromatic heterocycles. The van der Waals surface area contributed by atoms with Crippen LogP contribution in [0.25, 0.3) is 0 Å². The molecule has 0 radical (unpaired) electrons. The number of hydrogen-bond donors (Lipinski definition) is 2. The number of nitrogens with zero attached hydrogens (tertiary/aromatic N) is 4. The van der Waals surface area contributed by atoms with Crippen LogP contribution >= 0.6 is 0 Å². The molecule has 0 saturated carbocycles. The number of halogens is 1. The molecule has 3 amide bonds. The number of benzene rings is 4. The van der Waals surface area contributed by atoms with Gasteiger partial charge in [-0.3, -0.25) is 24.6 Å². The van der Waals surface area contributed by atoms with Crippen LogP contribution in [0.2, 0.25) is 0 Å². The quantitative estimate of drug-likeness (QED) is 0.223. The second kappa shape index (κ2) is 14.9. The van der Waals surface area contributed by atoms with Gasteiger partial charge in [0.2, 0.25) is 11.8 Å². The SMILES string of the molecule is Cc1cccc(C2COc3cc(O)ccc3C2c2ccc(N3CCC(CN4CCN(c5cc6c(cc5F)C(=O)N(C5CCC(=O)NC5=O)C6)CC4)CC3)cc2)c1. The maximum Gasteiger partial charge on any atom is 0.255 e. The van der Waals surface area contributed by atoms with E-state index in [4.69, 9.17) is 4.74 Å². The number of aryl methyl sites for hydroxylation is 1. The van der Waals surface area contributed by atoms with Crippen LogP contribution in [0.5, 0.6) is 11.5 Å². The predicted octanol–water partition coefficient (Wildman–Crippen LogP) is 5.95. The van der Waals surface area contributed by atoms with Gasteiger partial charge < -0.3 is 24.5 Å². The van der Waals surface area contributed by atoms with E-state index in [1.54, 1.807) is 18.2 Å². The lowest BCUT2D eigenvalue weighted by Gasteiger charge is -2.40. The van der Waals surface area contributed by atoms with Crippen molar-refractivity contribution in [1.29, 1.82) is 0 Å². The van der Waals surface area contributed by atoms with Crippen molar-refractivity contribution in [3.05, 3.63) is 118 Å². The highest BCUT2D eigenvalue weighted by Gasteiger charge is 2.40. The van der Waals surface area contributed by atoms with Gasteiger partial charge in [-0.2, -0.15) is 0 Å². The smallest absolute Gasteiger partial charge is 0.255 e. The largest absolute Gasteiger partial charge is 0.508 e. The number of hydrogen-bond acceptors (Lipinski definition) is 8. The van der Waals surface area contributed by atoms with Crippen LogP contribution < -0.4 is 19.9 Å². The fourth-order valence-electron chi connectivity index (χ4n) is 9.62. The Labute approximate surface area is 326 Å². The Morgan fingerprint density at radius 1 is 0.839 bits per heavy atom. The zero-order chi connectivity index (χ0) is 38.5. The zero-order valence-electron chi connectivity index (χ0n) is 31.8. The van der Waals surface area contributed by atoms with Crippen molar-refractivity contribution < 1.29 is 28.6 Å². The Morgan fingerprint density at radius 2 is 1.62 bits per heavy atom. The second-order valence-electron chi connectivity index (χ2n) is 16.2. The number of imide groups is 1. The van der Waals surface area contributed by atoms with Crippen LogP contribution in [0, 0.1) is 18.7 Å². The van der Waals surface area contributed by atoms with Crippen molar-refractivity contribution in [1.82, 2.24) is 15.1 Å². The van der Waals surface area contributed by atoms with Crippen LogP contribution in [0.1, 0.15) is 75.7 Å². The Hall–Kier alpha value is -5.42. The van der Waals surface area contributed by atoms with Crippen LogP contribution in [-0.2, 0) is 16.1 Å². The van der Waals surface area contributed by atoms with Gasteiger partial charge in [0.15, 0.2) is 0 Å². The highest BCUT2D eigenvalue weighted by molar-refractivity contribution is 6.05. The molecular formula is C45H48FN5O5. The van der Waals surface area contributed by atoms with Gasteiger partial charge in [0, 0.05) is 93.5 Å². The first kappa shape index (κ1) is 36.2. The fraction of sp³-hybridized carbons (Fsp3) is 0.400. The maximum atomic E-state index is 15.5. The van der Waals surface area contributed by atoms with E-state index >= 15 is 4.39 Å². The number of piperazine rings is 1. The van der Waals surface area contributed by atoms with Crippen molar-refractivity contribution in [2.45, 2.75) is 57.0 Å². The van der Waals surface area contributed by atoms with E-state index in [1.807, 2.05) is 6.07 Å². The van der Waals surface area contributed by atoms with E-state index in [0.29, 0.717) is 36.9 Å². The first-order valence-electron chi connectivity index (χ1n) is 20.0. The molecule has 2 N–H and O–H groups in total. The number of phenols is 1. The third kappa shape index (κ3) is 6.97. The lowest BCUT2D eigenvalue weighted by molar-refractivity contribution is -0.136. The summed E-state index contributed by atoms with van der Waals surface area (Å²) in [5.74, 6) is 0.265. The minimum absolute atomic E-state index is 0.111. The predicted molar refractivity (Wildman–Crippen MR) is 212 cm³/mol.